The molecule has 1 aliphatic rings. The number of hydrogen-bond donors (Lipinski definition) is 0. The lowest BCUT2D eigenvalue weighted by molar-refractivity contribution is -0.274. The quantitative estimate of drug-likeness (QED) is 0.380. The molecule has 5 rings (SSSR count). The number of amides is 1. The van der Waals surface area contributed by atoms with Crippen LogP contribution in [0.15, 0.2) is 54.7 Å². The van der Waals surface area contributed by atoms with Crippen LogP contribution in [0.2, 0.25) is 0 Å². The Morgan fingerprint density at radius 2 is 1.91 bits per heavy atom. The fraction of sp³-hybridized carbons (Fsp3) is 0.280. The van der Waals surface area contributed by atoms with Crippen molar-refractivity contribution < 1.29 is 22.7 Å². The number of aromatic nitrogens is 4. The minimum Gasteiger partial charge on any atom is -0.406 e. The Kier molecular flexibility index (Phi) is 5.66. The third kappa shape index (κ3) is 4.82. The fourth-order valence-electron chi connectivity index (χ4n) is 4.05. The van der Waals surface area contributed by atoms with Crippen molar-refractivity contribution in [3.8, 4) is 11.6 Å². The lowest BCUT2D eigenvalue weighted by atomic mass is 10.1. The van der Waals surface area contributed by atoms with Gasteiger partial charge in [0.2, 0.25) is 0 Å². The molecule has 0 radical (unpaired) electrons. The van der Waals surface area contributed by atoms with Crippen molar-refractivity contribution in [2.45, 2.75) is 38.6 Å². The van der Waals surface area contributed by atoms with Crippen molar-refractivity contribution in [2.75, 3.05) is 7.05 Å². The second-order valence-electron chi connectivity index (χ2n) is 8.61. The van der Waals surface area contributed by atoms with Gasteiger partial charge in [0.1, 0.15) is 5.75 Å². The minimum absolute atomic E-state index is 0.209. The predicted octanol–water partition coefficient (Wildman–Crippen LogP) is 5.17. The number of carbonyl (C=O) groups is 1. The van der Waals surface area contributed by atoms with Crippen molar-refractivity contribution >= 4 is 16.9 Å². The first kappa shape index (κ1) is 22.8. The highest BCUT2D eigenvalue weighted by atomic mass is 19.4. The zero-order chi connectivity index (χ0) is 24.7. The van der Waals surface area contributed by atoms with Gasteiger partial charge in [-0.2, -0.15) is 9.78 Å². The molecule has 0 spiro atoms. The van der Waals surface area contributed by atoms with Crippen molar-refractivity contribution in [3.05, 3.63) is 77.2 Å². The molecule has 0 bridgehead atoms. The summed E-state index contributed by atoms with van der Waals surface area (Å²) in [5.41, 5.74) is 3.25. The van der Waals surface area contributed by atoms with Gasteiger partial charge < -0.3 is 9.64 Å². The summed E-state index contributed by atoms with van der Waals surface area (Å²) in [5, 5.41) is 5.28. The van der Waals surface area contributed by atoms with Crippen LogP contribution in [0, 0.1) is 6.92 Å². The zero-order valence-corrected chi connectivity index (χ0v) is 19.1. The summed E-state index contributed by atoms with van der Waals surface area (Å²) >= 11 is 0. The molecule has 35 heavy (non-hydrogen) atoms. The van der Waals surface area contributed by atoms with E-state index in [9.17, 15) is 18.0 Å². The molecule has 0 saturated heterocycles. The number of hydrogen-bond acceptors (Lipinski definition) is 5. The number of carbonyl (C=O) groups excluding carboxylic acids is 1. The van der Waals surface area contributed by atoms with Crippen LogP contribution in [-0.4, -0.2) is 44.0 Å². The van der Waals surface area contributed by atoms with Gasteiger partial charge in [-0.1, -0.05) is 18.2 Å². The average Bonchev–Trinajstić information content (AvgIpc) is 3.62. The first-order valence-corrected chi connectivity index (χ1v) is 11.1. The van der Waals surface area contributed by atoms with Gasteiger partial charge >= 0.3 is 6.36 Å². The molecule has 1 fully saturated rings. The Morgan fingerprint density at radius 3 is 2.54 bits per heavy atom. The standard InChI is InChI=1S/C25H22F3N5O2/c1-15-22-19(24(34)32(2)14-16-6-10-18(11-7-16)35-25(26,27)28)13-20(17-8-9-17)30-23(22)33(31-15)21-5-3-4-12-29-21/h3-7,10-13,17H,8-9,14H2,1-2H3. The van der Waals surface area contributed by atoms with E-state index in [-0.39, 0.29) is 18.2 Å². The molecular formula is C25H22F3N5O2. The van der Waals surface area contributed by atoms with Gasteiger partial charge in [0.25, 0.3) is 5.91 Å². The van der Waals surface area contributed by atoms with E-state index in [1.165, 1.54) is 29.2 Å². The number of benzene rings is 1. The molecule has 0 aliphatic heterocycles. The highest BCUT2D eigenvalue weighted by Gasteiger charge is 2.31. The van der Waals surface area contributed by atoms with E-state index in [2.05, 4.69) is 14.8 Å². The van der Waals surface area contributed by atoms with E-state index in [0.717, 1.165) is 18.5 Å². The Balaban J connectivity index is 1.48. The zero-order valence-electron chi connectivity index (χ0n) is 19.1. The van der Waals surface area contributed by atoms with E-state index >= 15 is 0 Å². The largest absolute Gasteiger partial charge is 0.573 e. The molecular weight excluding hydrogens is 459 g/mol. The lowest BCUT2D eigenvalue weighted by Gasteiger charge is -2.19. The van der Waals surface area contributed by atoms with Crippen molar-refractivity contribution in [1.82, 2.24) is 24.6 Å². The van der Waals surface area contributed by atoms with E-state index in [1.54, 1.807) is 17.9 Å². The molecule has 0 atom stereocenters. The van der Waals surface area contributed by atoms with Gasteiger partial charge in [0.05, 0.1) is 16.6 Å². The molecule has 1 amide bonds. The number of alkyl halides is 3. The Bertz CT molecular complexity index is 1380. The maximum absolute atomic E-state index is 13.6. The maximum atomic E-state index is 13.6. The normalized spacial score (nSPS) is 13.7. The van der Waals surface area contributed by atoms with Gasteiger partial charge in [0, 0.05) is 31.4 Å². The topological polar surface area (TPSA) is 73.1 Å². The second-order valence-corrected chi connectivity index (χ2v) is 8.61. The highest BCUT2D eigenvalue weighted by Crippen LogP contribution is 2.41. The maximum Gasteiger partial charge on any atom is 0.573 e. The Morgan fingerprint density at radius 1 is 1.17 bits per heavy atom. The number of ether oxygens (including phenoxy) is 1. The van der Waals surface area contributed by atoms with E-state index in [1.807, 2.05) is 31.2 Å². The number of halogens is 3. The van der Waals surface area contributed by atoms with Crippen LogP contribution < -0.4 is 4.74 Å². The third-order valence-electron chi connectivity index (χ3n) is 5.85. The SMILES string of the molecule is Cc1nn(-c2ccccn2)c2nc(C3CC3)cc(C(=O)N(C)Cc3ccc(OC(F)(F)F)cc3)c12. The van der Waals surface area contributed by atoms with Crippen LogP contribution in [0.5, 0.6) is 5.75 Å². The summed E-state index contributed by atoms with van der Waals surface area (Å²) in [7, 11) is 1.66. The average molecular weight is 481 g/mol. The number of pyridine rings is 2. The molecule has 3 heterocycles. The molecule has 0 N–H and O–H groups in total. The van der Waals surface area contributed by atoms with Gasteiger partial charge in [-0.3, -0.25) is 4.79 Å². The van der Waals surface area contributed by atoms with Crippen molar-refractivity contribution in [1.29, 1.82) is 0 Å². The molecule has 1 saturated carbocycles. The van der Waals surface area contributed by atoms with Gasteiger partial charge in [-0.25, -0.2) is 9.97 Å². The van der Waals surface area contributed by atoms with E-state index < -0.39 is 6.36 Å². The van der Waals surface area contributed by atoms with E-state index in [4.69, 9.17) is 4.98 Å². The second kappa shape index (κ2) is 8.68. The molecule has 0 unspecified atom stereocenters. The van der Waals surface area contributed by atoms with Crippen LogP contribution in [-0.2, 0) is 6.54 Å². The van der Waals surface area contributed by atoms with Crippen LogP contribution >= 0.6 is 0 Å². The minimum atomic E-state index is -4.75. The third-order valence-corrected chi connectivity index (χ3v) is 5.85. The fourth-order valence-corrected chi connectivity index (χ4v) is 4.05. The first-order chi connectivity index (χ1) is 16.7. The molecule has 4 aromatic rings. The molecule has 7 nitrogen and oxygen atoms in total. The van der Waals surface area contributed by atoms with Crippen LogP contribution in [0.4, 0.5) is 13.2 Å². The summed E-state index contributed by atoms with van der Waals surface area (Å²) in [6.45, 7) is 2.04. The number of nitrogens with zero attached hydrogens (tertiary/aromatic N) is 5. The first-order valence-electron chi connectivity index (χ1n) is 11.1. The van der Waals surface area contributed by atoms with Gasteiger partial charge in [0.15, 0.2) is 11.5 Å². The molecule has 1 aliphatic carbocycles. The van der Waals surface area contributed by atoms with E-state index in [0.29, 0.717) is 39.6 Å². The number of aryl methyl sites for hydroxylation is 1. The summed E-state index contributed by atoms with van der Waals surface area (Å²) < 4.78 is 42.8. The predicted molar refractivity (Wildman–Crippen MR) is 122 cm³/mol. The molecule has 10 heteroatoms. The Hall–Kier alpha value is -3.95. The van der Waals surface area contributed by atoms with Crippen molar-refractivity contribution in [3.63, 3.8) is 0 Å². The van der Waals surface area contributed by atoms with Crippen molar-refractivity contribution in [2.24, 2.45) is 0 Å². The monoisotopic (exact) mass is 481 g/mol. The molecule has 1 aromatic carbocycles. The molecule has 180 valence electrons. The highest BCUT2D eigenvalue weighted by molar-refractivity contribution is 6.06. The van der Waals surface area contributed by atoms with Gasteiger partial charge in [-0.15, -0.1) is 13.2 Å². The van der Waals surface area contributed by atoms with Crippen LogP contribution in [0.1, 0.15) is 46.1 Å². The lowest BCUT2D eigenvalue weighted by Crippen LogP contribution is -2.26. The summed E-state index contributed by atoms with van der Waals surface area (Å²) in [6.07, 6.45) is -1.04. The molecule has 3 aromatic heterocycles. The van der Waals surface area contributed by atoms with Gasteiger partial charge in [-0.05, 0) is 55.7 Å². The summed E-state index contributed by atoms with van der Waals surface area (Å²) in [5.74, 6) is 0.389. The summed E-state index contributed by atoms with van der Waals surface area (Å²) in [6, 6.07) is 12.8. The number of rotatable bonds is 6. The summed E-state index contributed by atoms with van der Waals surface area (Å²) in [4.78, 5) is 24.3. The van der Waals surface area contributed by atoms with Crippen LogP contribution in [0.25, 0.3) is 16.9 Å². The smallest absolute Gasteiger partial charge is 0.406 e. The Labute approximate surface area is 199 Å². The number of fused-ring (bicyclic) bond motifs is 1. The van der Waals surface area contributed by atoms with Crippen LogP contribution in [0.3, 0.4) is 0 Å².